The van der Waals surface area contributed by atoms with Crippen LogP contribution in [0.4, 0.5) is 0 Å². The number of carboxylic acid groups (broad SMARTS) is 1. The summed E-state index contributed by atoms with van der Waals surface area (Å²) in [6, 6.07) is 7.24. The van der Waals surface area contributed by atoms with Crippen molar-refractivity contribution >= 4 is 29.5 Å². The van der Waals surface area contributed by atoms with Gasteiger partial charge in [-0.15, -0.1) is 11.8 Å². The molecule has 1 aromatic rings. The van der Waals surface area contributed by atoms with E-state index in [0.29, 0.717) is 12.2 Å². The van der Waals surface area contributed by atoms with Gasteiger partial charge in [0.2, 0.25) is 5.91 Å². The Labute approximate surface area is 156 Å². The van der Waals surface area contributed by atoms with Crippen molar-refractivity contribution in [3.8, 4) is 5.75 Å². The number of β-lactam (4-membered cyclic amide) rings is 1. The third kappa shape index (κ3) is 3.13. The van der Waals surface area contributed by atoms with Gasteiger partial charge in [0, 0.05) is 4.75 Å². The van der Waals surface area contributed by atoms with Crippen LogP contribution < -0.4 is 15.2 Å². The van der Waals surface area contributed by atoms with E-state index in [0.717, 1.165) is 0 Å². The maximum Gasteiger partial charge on any atom is 0.261 e. The molecular weight excluding hydrogens is 356 g/mol. The van der Waals surface area contributed by atoms with Crippen LogP contribution in [0.5, 0.6) is 5.75 Å². The average molecular weight is 377 g/mol. The van der Waals surface area contributed by atoms with Gasteiger partial charge in [-0.25, -0.2) is 0 Å². The van der Waals surface area contributed by atoms with Crippen LogP contribution in [0, 0.1) is 0 Å². The first-order valence-electron chi connectivity index (χ1n) is 8.49. The molecule has 2 aliphatic heterocycles. The summed E-state index contributed by atoms with van der Waals surface area (Å²) in [7, 11) is 0. The van der Waals surface area contributed by atoms with Crippen LogP contribution >= 0.6 is 11.8 Å². The summed E-state index contributed by atoms with van der Waals surface area (Å²) in [5, 5.41) is 13.7. The Bertz CT molecular complexity index is 724. The van der Waals surface area contributed by atoms with Crippen molar-refractivity contribution in [1.29, 1.82) is 0 Å². The molecule has 2 amide bonds. The smallest absolute Gasteiger partial charge is 0.261 e. The number of carbonyl (C=O) groups excluding carboxylic acids is 3. The number of aliphatic carboxylic acids is 1. The summed E-state index contributed by atoms with van der Waals surface area (Å²) >= 11 is 1.36. The number of nitrogens with zero attached hydrogens (tertiary/aromatic N) is 1. The summed E-state index contributed by atoms with van der Waals surface area (Å²) in [6.07, 6.45) is -0.285. The van der Waals surface area contributed by atoms with Crippen molar-refractivity contribution < 1.29 is 24.2 Å². The Kier molecular flexibility index (Phi) is 4.88. The highest BCUT2D eigenvalue weighted by molar-refractivity contribution is 8.01. The zero-order valence-electron chi connectivity index (χ0n) is 14.8. The molecule has 140 valence electrons. The predicted molar refractivity (Wildman–Crippen MR) is 94.2 cm³/mol. The number of thioether (sulfide) groups is 1. The van der Waals surface area contributed by atoms with Gasteiger partial charge in [-0.05, 0) is 32.4 Å². The minimum atomic E-state index is -1.28. The number of ether oxygens (including phenoxy) is 1. The predicted octanol–water partition coefficient (Wildman–Crippen LogP) is 0.141. The molecule has 2 heterocycles. The van der Waals surface area contributed by atoms with Crippen LogP contribution in [0.25, 0.3) is 0 Å². The summed E-state index contributed by atoms with van der Waals surface area (Å²) in [5.41, 5.74) is 0. The molecule has 2 saturated heterocycles. The number of benzene rings is 1. The lowest BCUT2D eigenvalue weighted by Gasteiger charge is -2.45. The number of hydrogen-bond donors (Lipinski definition) is 1. The van der Waals surface area contributed by atoms with Gasteiger partial charge in [0.25, 0.3) is 5.91 Å². The van der Waals surface area contributed by atoms with Crippen molar-refractivity contribution in [3.05, 3.63) is 30.3 Å². The van der Waals surface area contributed by atoms with Crippen LogP contribution in [-0.4, -0.2) is 51.0 Å². The molecule has 0 spiro atoms. The Morgan fingerprint density at radius 2 is 2.00 bits per heavy atom. The summed E-state index contributed by atoms with van der Waals surface area (Å²) in [6.45, 7) is 5.34. The van der Waals surface area contributed by atoms with Crippen molar-refractivity contribution in [2.75, 3.05) is 0 Å². The Morgan fingerprint density at radius 1 is 1.35 bits per heavy atom. The van der Waals surface area contributed by atoms with E-state index in [4.69, 9.17) is 4.74 Å². The standard InChI is InChI=1S/C18H22N2O5S/c1-4-11(25-10-8-6-5-7-9-10)14(21)19-12-15(22)20-13(17(23)24)18(2,3)26-16(12)20/h5-9,11-13,16H,4H2,1-3H3,(H,19,21)(H,23,24)/p-1. The minimum absolute atomic E-state index is 0.385. The molecule has 4 unspecified atom stereocenters. The molecule has 0 aliphatic carbocycles. The van der Waals surface area contributed by atoms with Gasteiger partial charge in [-0.1, -0.05) is 25.1 Å². The monoisotopic (exact) mass is 377 g/mol. The van der Waals surface area contributed by atoms with Crippen molar-refractivity contribution in [2.24, 2.45) is 0 Å². The number of nitrogens with one attached hydrogen (secondary N) is 1. The molecule has 0 radical (unpaired) electrons. The Hall–Kier alpha value is -2.22. The zero-order chi connectivity index (χ0) is 19.1. The normalized spacial score (nSPS) is 27.3. The molecular formula is C18H21N2O5S-. The fourth-order valence-corrected chi connectivity index (χ4v) is 4.98. The number of carboxylic acids is 1. The first-order valence-corrected chi connectivity index (χ1v) is 9.37. The number of carbonyl (C=O) groups is 3. The average Bonchev–Trinajstić information content (AvgIpc) is 2.86. The van der Waals surface area contributed by atoms with E-state index in [1.54, 1.807) is 26.0 Å². The lowest BCUT2D eigenvalue weighted by atomic mass is 9.96. The third-order valence-electron chi connectivity index (χ3n) is 4.65. The number of fused-ring (bicyclic) bond motifs is 1. The highest BCUT2D eigenvalue weighted by Gasteiger charge is 2.62. The maximum absolute atomic E-state index is 12.5. The summed E-state index contributed by atoms with van der Waals surface area (Å²) in [4.78, 5) is 37.7. The van der Waals surface area contributed by atoms with E-state index in [1.807, 2.05) is 25.1 Å². The van der Waals surface area contributed by atoms with E-state index in [-0.39, 0.29) is 5.91 Å². The largest absolute Gasteiger partial charge is 0.548 e. The number of hydrogen-bond acceptors (Lipinski definition) is 6. The van der Waals surface area contributed by atoms with Crippen LogP contribution in [0.1, 0.15) is 27.2 Å². The lowest BCUT2D eigenvalue weighted by molar-refractivity contribution is -0.312. The van der Waals surface area contributed by atoms with E-state index >= 15 is 0 Å². The first kappa shape index (κ1) is 18.6. The van der Waals surface area contributed by atoms with E-state index in [2.05, 4.69) is 5.32 Å². The van der Waals surface area contributed by atoms with Gasteiger partial charge in [0.05, 0.1) is 12.0 Å². The molecule has 7 nitrogen and oxygen atoms in total. The van der Waals surface area contributed by atoms with Crippen LogP contribution in [0.3, 0.4) is 0 Å². The van der Waals surface area contributed by atoms with Gasteiger partial charge in [0.15, 0.2) is 6.10 Å². The number of amides is 2. The van der Waals surface area contributed by atoms with Gasteiger partial charge in [-0.2, -0.15) is 0 Å². The van der Waals surface area contributed by atoms with Crippen LogP contribution in [0.2, 0.25) is 0 Å². The lowest BCUT2D eigenvalue weighted by Crippen LogP contribution is -2.72. The Morgan fingerprint density at radius 3 is 2.58 bits per heavy atom. The van der Waals surface area contributed by atoms with E-state index < -0.39 is 40.2 Å². The summed E-state index contributed by atoms with van der Waals surface area (Å²) < 4.78 is 5.02. The van der Waals surface area contributed by atoms with E-state index in [1.165, 1.54) is 16.7 Å². The van der Waals surface area contributed by atoms with Crippen LogP contribution in [0.15, 0.2) is 30.3 Å². The molecule has 26 heavy (non-hydrogen) atoms. The maximum atomic E-state index is 12.5. The quantitative estimate of drug-likeness (QED) is 0.708. The highest BCUT2D eigenvalue weighted by Crippen LogP contribution is 2.50. The first-order chi connectivity index (χ1) is 12.3. The number of para-hydroxylation sites is 1. The molecule has 2 aliphatic rings. The second-order valence-electron chi connectivity index (χ2n) is 6.89. The topological polar surface area (TPSA) is 98.8 Å². The minimum Gasteiger partial charge on any atom is -0.548 e. The molecule has 1 N–H and O–H groups in total. The molecule has 4 atom stereocenters. The second-order valence-corrected chi connectivity index (χ2v) is 8.66. The molecule has 0 saturated carbocycles. The van der Waals surface area contributed by atoms with Crippen molar-refractivity contribution in [2.45, 2.75) is 55.5 Å². The van der Waals surface area contributed by atoms with Crippen molar-refractivity contribution in [3.63, 3.8) is 0 Å². The van der Waals surface area contributed by atoms with Crippen LogP contribution in [-0.2, 0) is 14.4 Å². The van der Waals surface area contributed by atoms with E-state index in [9.17, 15) is 19.5 Å². The van der Waals surface area contributed by atoms with Gasteiger partial charge >= 0.3 is 0 Å². The number of rotatable bonds is 6. The molecule has 2 fully saturated rings. The fourth-order valence-electron chi connectivity index (χ4n) is 3.36. The van der Waals surface area contributed by atoms with Gasteiger partial charge in [-0.3, -0.25) is 9.59 Å². The fraction of sp³-hybridized carbons (Fsp3) is 0.500. The molecule has 0 aromatic heterocycles. The highest BCUT2D eigenvalue weighted by atomic mass is 32.2. The summed E-state index contributed by atoms with van der Waals surface area (Å²) in [5.74, 6) is -1.48. The molecule has 8 heteroatoms. The van der Waals surface area contributed by atoms with Crippen molar-refractivity contribution in [1.82, 2.24) is 10.2 Å². The SMILES string of the molecule is CCC(Oc1ccccc1)C(=O)NC1C(=O)N2C1SC(C)(C)C2C(=O)[O-]. The third-order valence-corrected chi connectivity index (χ3v) is 6.22. The van der Waals surface area contributed by atoms with Gasteiger partial charge < -0.3 is 24.9 Å². The molecule has 0 bridgehead atoms. The molecule has 3 rings (SSSR count). The zero-order valence-corrected chi connectivity index (χ0v) is 15.6. The Balaban J connectivity index is 1.67. The second kappa shape index (κ2) is 6.83. The van der Waals surface area contributed by atoms with Gasteiger partial charge in [0.1, 0.15) is 17.2 Å². The molecule has 1 aromatic carbocycles.